The number of nitrogens with zero attached hydrogens (tertiary/aromatic N) is 1. The Morgan fingerprint density at radius 3 is 2.67 bits per heavy atom. The predicted molar refractivity (Wildman–Crippen MR) is 86.0 cm³/mol. The second-order valence-electron chi connectivity index (χ2n) is 5.49. The van der Waals surface area contributed by atoms with Gasteiger partial charge in [-0.25, -0.2) is 4.79 Å². The summed E-state index contributed by atoms with van der Waals surface area (Å²) < 4.78 is 5.28. The van der Waals surface area contributed by atoms with Crippen molar-refractivity contribution in [3.63, 3.8) is 0 Å². The molecule has 0 aliphatic rings. The molecule has 1 N–H and O–H groups in total. The molecule has 0 saturated carbocycles. The van der Waals surface area contributed by atoms with Crippen LogP contribution in [0.4, 0.5) is 5.69 Å². The Kier molecular flexibility index (Phi) is 5.39. The molecule has 1 aromatic carbocycles. The lowest BCUT2D eigenvalue weighted by atomic mass is 10.1. The monoisotopic (exact) mass is 289 g/mol. The van der Waals surface area contributed by atoms with E-state index in [4.69, 9.17) is 9.52 Å². The van der Waals surface area contributed by atoms with Crippen molar-refractivity contribution in [2.24, 2.45) is 0 Å². The third-order valence-electron chi connectivity index (χ3n) is 3.78. The third kappa shape index (κ3) is 4.08. The molecule has 0 aliphatic carbocycles. The highest BCUT2D eigenvalue weighted by Crippen LogP contribution is 2.23. The minimum Gasteiger partial charge on any atom is -0.423 e. The van der Waals surface area contributed by atoms with E-state index in [1.54, 1.807) is 0 Å². The molecule has 0 saturated heterocycles. The molecule has 0 unspecified atom stereocenters. The van der Waals surface area contributed by atoms with E-state index in [9.17, 15) is 4.79 Å². The van der Waals surface area contributed by atoms with Crippen LogP contribution >= 0.6 is 0 Å². The van der Waals surface area contributed by atoms with Gasteiger partial charge in [-0.3, -0.25) is 0 Å². The van der Waals surface area contributed by atoms with E-state index in [0.717, 1.165) is 48.9 Å². The maximum absolute atomic E-state index is 11.5. The van der Waals surface area contributed by atoms with Crippen LogP contribution in [0.1, 0.15) is 31.2 Å². The maximum atomic E-state index is 11.5. The molecule has 0 radical (unpaired) electrons. The summed E-state index contributed by atoms with van der Waals surface area (Å²) >= 11 is 0. The summed E-state index contributed by atoms with van der Waals surface area (Å²) in [6.07, 6.45) is 4.15. The normalized spacial score (nSPS) is 11.0. The van der Waals surface area contributed by atoms with Gasteiger partial charge in [0.25, 0.3) is 0 Å². The van der Waals surface area contributed by atoms with Crippen LogP contribution in [0.25, 0.3) is 11.0 Å². The molecule has 114 valence electrons. The largest absolute Gasteiger partial charge is 0.423 e. The van der Waals surface area contributed by atoms with E-state index in [0.29, 0.717) is 5.58 Å². The Balaban J connectivity index is 2.06. The van der Waals surface area contributed by atoms with Crippen LogP contribution in [-0.4, -0.2) is 25.3 Å². The minimum absolute atomic E-state index is 0.277. The zero-order valence-corrected chi connectivity index (χ0v) is 12.8. The smallest absolute Gasteiger partial charge is 0.336 e. The van der Waals surface area contributed by atoms with Gasteiger partial charge in [0, 0.05) is 43.4 Å². The lowest BCUT2D eigenvalue weighted by molar-refractivity contribution is 0.282. The van der Waals surface area contributed by atoms with Crippen LogP contribution in [0, 0.1) is 6.92 Å². The number of fused-ring (bicyclic) bond motifs is 1. The van der Waals surface area contributed by atoms with Crippen molar-refractivity contribution in [2.75, 3.05) is 25.1 Å². The average Bonchev–Trinajstić information content (AvgIpc) is 2.46. The fraction of sp³-hybridized carbons (Fsp3) is 0.471. The Morgan fingerprint density at radius 2 is 1.90 bits per heavy atom. The number of anilines is 1. The molecule has 0 fully saturated rings. The first kappa shape index (κ1) is 15.6. The van der Waals surface area contributed by atoms with Gasteiger partial charge in [0.2, 0.25) is 0 Å². The van der Waals surface area contributed by atoms with Gasteiger partial charge in [-0.2, -0.15) is 0 Å². The van der Waals surface area contributed by atoms with Crippen molar-refractivity contribution in [1.29, 1.82) is 0 Å². The Morgan fingerprint density at radius 1 is 1.14 bits per heavy atom. The second-order valence-corrected chi connectivity index (χ2v) is 5.49. The number of aliphatic hydroxyl groups is 1. The molecule has 21 heavy (non-hydrogen) atoms. The Labute approximate surface area is 125 Å². The summed E-state index contributed by atoms with van der Waals surface area (Å²) in [5.41, 5.74) is 2.34. The van der Waals surface area contributed by atoms with Crippen molar-refractivity contribution in [3.05, 3.63) is 40.2 Å². The zero-order chi connectivity index (χ0) is 15.2. The lowest BCUT2D eigenvalue weighted by Gasteiger charge is -2.19. The van der Waals surface area contributed by atoms with E-state index >= 15 is 0 Å². The van der Waals surface area contributed by atoms with Crippen molar-refractivity contribution >= 4 is 16.7 Å². The summed E-state index contributed by atoms with van der Waals surface area (Å²) in [6.45, 7) is 3.15. The predicted octanol–water partition coefficient (Wildman–Crippen LogP) is 3.09. The molecule has 0 aliphatic heterocycles. The van der Waals surface area contributed by atoms with Crippen molar-refractivity contribution < 1.29 is 9.52 Å². The number of benzene rings is 1. The van der Waals surface area contributed by atoms with E-state index in [-0.39, 0.29) is 12.2 Å². The first-order chi connectivity index (χ1) is 10.1. The molecule has 4 nitrogen and oxygen atoms in total. The van der Waals surface area contributed by atoms with E-state index in [1.165, 1.54) is 6.07 Å². The molecule has 4 heteroatoms. The van der Waals surface area contributed by atoms with Crippen LogP contribution in [0.15, 0.2) is 33.5 Å². The SMILES string of the molecule is Cc1cc(=O)oc2cc(N(C)CCCCCCO)ccc12. The standard InChI is InChI=1S/C17H23NO3/c1-13-11-17(20)21-16-12-14(7-8-15(13)16)18(2)9-5-3-4-6-10-19/h7-8,11-12,19H,3-6,9-10H2,1-2H3. The van der Waals surface area contributed by atoms with E-state index in [2.05, 4.69) is 11.0 Å². The van der Waals surface area contributed by atoms with Gasteiger partial charge in [-0.15, -0.1) is 0 Å². The van der Waals surface area contributed by atoms with Gasteiger partial charge in [0.05, 0.1) is 0 Å². The molecule has 2 rings (SSSR count). The third-order valence-corrected chi connectivity index (χ3v) is 3.78. The molecule has 0 atom stereocenters. The van der Waals surface area contributed by atoms with Crippen LogP contribution < -0.4 is 10.5 Å². The molecule has 0 amide bonds. The second kappa shape index (κ2) is 7.27. The van der Waals surface area contributed by atoms with Gasteiger partial charge in [-0.1, -0.05) is 12.8 Å². The van der Waals surface area contributed by atoms with Crippen LogP contribution in [0.5, 0.6) is 0 Å². The molecule has 0 bridgehead atoms. The quantitative estimate of drug-likeness (QED) is 0.628. The van der Waals surface area contributed by atoms with E-state index in [1.807, 2.05) is 26.1 Å². The highest BCUT2D eigenvalue weighted by molar-refractivity contribution is 5.83. The maximum Gasteiger partial charge on any atom is 0.336 e. The number of aryl methyl sites for hydroxylation is 1. The number of rotatable bonds is 7. The Bertz CT molecular complexity index is 648. The fourth-order valence-corrected chi connectivity index (χ4v) is 2.49. The number of hydrogen-bond acceptors (Lipinski definition) is 4. The van der Waals surface area contributed by atoms with Gasteiger partial charge < -0.3 is 14.4 Å². The van der Waals surface area contributed by atoms with Crippen LogP contribution in [0.3, 0.4) is 0 Å². The minimum atomic E-state index is -0.302. The van der Waals surface area contributed by atoms with Crippen molar-refractivity contribution in [2.45, 2.75) is 32.6 Å². The molecular weight excluding hydrogens is 266 g/mol. The summed E-state index contributed by atoms with van der Waals surface area (Å²) in [4.78, 5) is 13.6. The summed E-state index contributed by atoms with van der Waals surface area (Å²) in [5.74, 6) is 0. The molecule has 2 aromatic rings. The molecule has 0 spiro atoms. The topological polar surface area (TPSA) is 53.7 Å². The number of hydrogen-bond donors (Lipinski definition) is 1. The number of aliphatic hydroxyl groups excluding tert-OH is 1. The first-order valence-corrected chi connectivity index (χ1v) is 7.48. The van der Waals surface area contributed by atoms with Crippen molar-refractivity contribution in [1.82, 2.24) is 0 Å². The summed E-state index contributed by atoms with van der Waals surface area (Å²) in [5, 5.41) is 9.73. The molecule has 1 aromatic heterocycles. The van der Waals surface area contributed by atoms with Gasteiger partial charge in [-0.05, 0) is 37.5 Å². The number of unbranched alkanes of at least 4 members (excludes halogenated alkanes) is 3. The van der Waals surface area contributed by atoms with Crippen LogP contribution in [-0.2, 0) is 0 Å². The molecule has 1 heterocycles. The Hall–Kier alpha value is -1.81. The lowest BCUT2D eigenvalue weighted by Crippen LogP contribution is -2.18. The summed E-state index contributed by atoms with van der Waals surface area (Å²) in [7, 11) is 2.04. The van der Waals surface area contributed by atoms with Gasteiger partial charge in [0.15, 0.2) is 0 Å². The fourth-order valence-electron chi connectivity index (χ4n) is 2.49. The first-order valence-electron chi connectivity index (χ1n) is 7.48. The summed E-state index contributed by atoms with van der Waals surface area (Å²) in [6, 6.07) is 7.51. The van der Waals surface area contributed by atoms with Gasteiger partial charge in [0.1, 0.15) is 5.58 Å². The highest BCUT2D eigenvalue weighted by atomic mass is 16.4. The zero-order valence-electron chi connectivity index (χ0n) is 12.8. The highest BCUT2D eigenvalue weighted by Gasteiger charge is 2.06. The van der Waals surface area contributed by atoms with Crippen molar-refractivity contribution in [3.8, 4) is 0 Å². The average molecular weight is 289 g/mol. The van der Waals surface area contributed by atoms with Crippen LogP contribution in [0.2, 0.25) is 0 Å². The molecular formula is C17H23NO3. The van der Waals surface area contributed by atoms with E-state index < -0.39 is 0 Å². The van der Waals surface area contributed by atoms with Gasteiger partial charge >= 0.3 is 5.63 Å².